The van der Waals surface area contributed by atoms with Gasteiger partial charge in [0.15, 0.2) is 0 Å². The average Bonchev–Trinajstić information content (AvgIpc) is 3.06. The van der Waals surface area contributed by atoms with Gasteiger partial charge < -0.3 is 5.32 Å². The molecule has 1 atom stereocenters. The van der Waals surface area contributed by atoms with Gasteiger partial charge in [0, 0.05) is 22.1 Å². The molecule has 0 spiro atoms. The van der Waals surface area contributed by atoms with Crippen LogP contribution in [0.4, 0.5) is 0 Å². The molecule has 0 radical (unpaired) electrons. The molecular formula is C15H20BrN3S2. The van der Waals surface area contributed by atoms with E-state index in [4.69, 9.17) is 0 Å². The van der Waals surface area contributed by atoms with E-state index in [2.05, 4.69) is 44.0 Å². The number of aromatic nitrogens is 2. The maximum Gasteiger partial charge on any atom is 0.0851 e. The van der Waals surface area contributed by atoms with E-state index < -0.39 is 0 Å². The lowest BCUT2D eigenvalue weighted by molar-refractivity contribution is 0.536. The summed E-state index contributed by atoms with van der Waals surface area (Å²) in [4.78, 5) is 2.98. The van der Waals surface area contributed by atoms with E-state index in [0.29, 0.717) is 0 Å². The smallest absolute Gasteiger partial charge is 0.0851 e. The van der Waals surface area contributed by atoms with Crippen molar-refractivity contribution < 1.29 is 0 Å². The molecule has 1 aliphatic rings. The van der Waals surface area contributed by atoms with E-state index >= 15 is 0 Å². The molecule has 1 unspecified atom stereocenters. The highest BCUT2D eigenvalue weighted by Crippen LogP contribution is 2.38. The molecule has 1 N–H and O–H groups in total. The first-order valence-electron chi connectivity index (χ1n) is 7.32. The molecule has 0 amide bonds. The number of fused-ring (bicyclic) bond motifs is 1. The first-order valence-corrected chi connectivity index (χ1v) is 10.1. The van der Waals surface area contributed by atoms with Crippen LogP contribution in [0.3, 0.4) is 0 Å². The third kappa shape index (κ3) is 3.09. The second-order valence-electron chi connectivity index (χ2n) is 5.22. The third-order valence-corrected chi connectivity index (χ3v) is 6.68. The zero-order valence-corrected chi connectivity index (χ0v) is 15.6. The molecule has 0 saturated heterocycles. The lowest BCUT2D eigenvalue weighted by Crippen LogP contribution is -2.21. The zero-order valence-electron chi connectivity index (χ0n) is 12.4. The van der Waals surface area contributed by atoms with E-state index in [1.165, 1.54) is 28.3 Å². The predicted molar refractivity (Wildman–Crippen MR) is 95.3 cm³/mol. The minimum absolute atomic E-state index is 0.217. The number of rotatable bonds is 5. The van der Waals surface area contributed by atoms with Crippen molar-refractivity contribution in [1.29, 1.82) is 0 Å². The molecule has 6 heteroatoms. The Balaban J connectivity index is 1.98. The topological polar surface area (TPSA) is 29.9 Å². The van der Waals surface area contributed by atoms with Crippen LogP contribution in [0.2, 0.25) is 0 Å². The van der Waals surface area contributed by atoms with E-state index in [9.17, 15) is 0 Å². The lowest BCUT2D eigenvalue weighted by atomic mass is 10.1. The van der Waals surface area contributed by atoms with Crippen LogP contribution in [0.5, 0.6) is 0 Å². The van der Waals surface area contributed by atoms with Crippen molar-refractivity contribution in [3.05, 3.63) is 37.7 Å². The maximum atomic E-state index is 4.51. The molecule has 2 aromatic rings. The Bertz CT molecular complexity index is 597. The molecule has 1 aliphatic heterocycles. The second-order valence-corrected chi connectivity index (χ2v) is 8.35. The Labute approximate surface area is 142 Å². The molecule has 114 valence electrons. The minimum Gasteiger partial charge on any atom is -0.307 e. The fourth-order valence-electron chi connectivity index (χ4n) is 2.78. The minimum atomic E-state index is 0.217. The van der Waals surface area contributed by atoms with Crippen LogP contribution in [-0.4, -0.2) is 22.6 Å². The van der Waals surface area contributed by atoms with Gasteiger partial charge in [-0.3, -0.25) is 4.68 Å². The van der Waals surface area contributed by atoms with Crippen molar-refractivity contribution in [2.24, 2.45) is 0 Å². The SMILES string of the molecule is CCCn1ncc(Br)c1C(NC)c1cc2c(s1)CCSC2. The van der Waals surface area contributed by atoms with Gasteiger partial charge in [-0.15, -0.1) is 11.3 Å². The molecule has 0 saturated carbocycles. The van der Waals surface area contributed by atoms with Gasteiger partial charge in [-0.25, -0.2) is 0 Å². The Hall–Kier alpha value is -0.300. The number of thioether (sulfide) groups is 1. The quantitative estimate of drug-likeness (QED) is 0.835. The van der Waals surface area contributed by atoms with Crippen LogP contribution in [0.15, 0.2) is 16.7 Å². The summed E-state index contributed by atoms with van der Waals surface area (Å²) < 4.78 is 3.22. The largest absolute Gasteiger partial charge is 0.307 e. The molecule has 0 bridgehead atoms. The average molecular weight is 386 g/mol. The monoisotopic (exact) mass is 385 g/mol. The molecule has 3 rings (SSSR count). The number of aryl methyl sites for hydroxylation is 2. The van der Waals surface area contributed by atoms with Crippen molar-refractivity contribution in [1.82, 2.24) is 15.1 Å². The van der Waals surface area contributed by atoms with E-state index in [0.717, 1.165) is 23.2 Å². The summed E-state index contributed by atoms with van der Waals surface area (Å²) in [5, 5.41) is 7.99. The van der Waals surface area contributed by atoms with Crippen LogP contribution < -0.4 is 5.32 Å². The Kier molecular flexibility index (Phi) is 5.09. The molecule has 21 heavy (non-hydrogen) atoms. The van der Waals surface area contributed by atoms with E-state index in [1.807, 2.05) is 36.3 Å². The Morgan fingerprint density at radius 2 is 2.38 bits per heavy atom. The van der Waals surface area contributed by atoms with Crippen molar-refractivity contribution in [3.8, 4) is 0 Å². The zero-order chi connectivity index (χ0) is 14.8. The summed E-state index contributed by atoms with van der Waals surface area (Å²) in [6, 6.07) is 2.61. The van der Waals surface area contributed by atoms with Gasteiger partial charge >= 0.3 is 0 Å². The summed E-state index contributed by atoms with van der Waals surface area (Å²) in [7, 11) is 2.04. The van der Waals surface area contributed by atoms with E-state index in [1.54, 1.807) is 4.88 Å². The van der Waals surface area contributed by atoms with E-state index in [-0.39, 0.29) is 6.04 Å². The predicted octanol–water partition coefficient (Wildman–Crippen LogP) is 4.22. The first kappa shape index (κ1) is 15.6. The standard InChI is InChI=1S/C15H20BrN3S2/c1-3-5-19-15(11(16)8-18-19)14(17-2)13-7-10-9-20-6-4-12(10)21-13/h7-8,14,17H,3-6,9H2,1-2H3. The fraction of sp³-hybridized carbons (Fsp3) is 0.533. The fourth-order valence-corrected chi connectivity index (χ4v) is 5.79. The van der Waals surface area contributed by atoms with Gasteiger partial charge in [-0.1, -0.05) is 6.92 Å². The summed E-state index contributed by atoms with van der Waals surface area (Å²) in [5.41, 5.74) is 2.77. The van der Waals surface area contributed by atoms with Gasteiger partial charge in [0.2, 0.25) is 0 Å². The number of halogens is 1. The van der Waals surface area contributed by atoms with Gasteiger partial charge in [-0.05, 0) is 53.2 Å². The number of nitrogens with one attached hydrogen (secondary N) is 1. The molecular weight excluding hydrogens is 366 g/mol. The van der Waals surface area contributed by atoms with Crippen molar-refractivity contribution in [2.45, 2.75) is 38.1 Å². The summed E-state index contributed by atoms with van der Waals surface area (Å²) in [6.45, 7) is 3.15. The Morgan fingerprint density at radius 3 is 3.10 bits per heavy atom. The van der Waals surface area contributed by atoms with Crippen LogP contribution in [0.25, 0.3) is 0 Å². The molecule has 0 fully saturated rings. The second kappa shape index (κ2) is 6.86. The highest BCUT2D eigenvalue weighted by Gasteiger charge is 2.24. The molecule has 2 aromatic heterocycles. The lowest BCUT2D eigenvalue weighted by Gasteiger charge is -2.17. The third-order valence-electron chi connectivity index (χ3n) is 3.76. The molecule has 3 heterocycles. The summed E-state index contributed by atoms with van der Waals surface area (Å²) in [6.07, 6.45) is 4.23. The van der Waals surface area contributed by atoms with Gasteiger partial charge in [0.1, 0.15) is 0 Å². The van der Waals surface area contributed by atoms with Crippen LogP contribution in [0, 0.1) is 0 Å². The highest BCUT2D eigenvalue weighted by atomic mass is 79.9. The molecule has 0 aromatic carbocycles. The number of hydrogen-bond acceptors (Lipinski definition) is 4. The number of hydrogen-bond donors (Lipinski definition) is 1. The first-order chi connectivity index (χ1) is 10.2. The van der Waals surface area contributed by atoms with Crippen LogP contribution in [-0.2, 0) is 18.7 Å². The van der Waals surface area contributed by atoms with Crippen molar-refractivity contribution in [2.75, 3.05) is 12.8 Å². The molecule has 3 nitrogen and oxygen atoms in total. The molecule has 0 aliphatic carbocycles. The van der Waals surface area contributed by atoms with Gasteiger partial charge in [0.05, 0.1) is 22.4 Å². The van der Waals surface area contributed by atoms with Crippen molar-refractivity contribution >= 4 is 39.0 Å². The van der Waals surface area contributed by atoms with Gasteiger partial charge in [-0.2, -0.15) is 16.9 Å². The maximum absolute atomic E-state index is 4.51. The number of nitrogens with zero attached hydrogens (tertiary/aromatic N) is 2. The summed E-state index contributed by atoms with van der Waals surface area (Å²) in [5.74, 6) is 2.42. The van der Waals surface area contributed by atoms with Crippen LogP contribution >= 0.6 is 39.0 Å². The normalized spacial score (nSPS) is 16.0. The Morgan fingerprint density at radius 1 is 1.52 bits per heavy atom. The van der Waals surface area contributed by atoms with Crippen molar-refractivity contribution in [3.63, 3.8) is 0 Å². The van der Waals surface area contributed by atoms with Gasteiger partial charge in [0.25, 0.3) is 0 Å². The summed E-state index contributed by atoms with van der Waals surface area (Å²) >= 11 is 7.68. The highest BCUT2D eigenvalue weighted by molar-refractivity contribution is 9.10. The number of thiophene rings is 1. The van der Waals surface area contributed by atoms with Crippen LogP contribution in [0.1, 0.15) is 40.4 Å².